The summed E-state index contributed by atoms with van der Waals surface area (Å²) < 4.78 is 26.6. The molecule has 0 aliphatic heterocycles. The highest BCUT2D eigenvalue weighted by Gasteiger charge is 2.39. The van der Waals surface area contributed by atoms with Crippen LogP contribution in [0, 0.1) is 17.0 Å². The summed E-state index contributed by atoms with van der Waals surface area (Å²) >= 11 is 1.53. The quantitative estimate of drug-likeness (QED) is 0.364. The molecule has 0 radical (unpaired) electrons. The highest BCUT2D eigenvalue weighted by molar-refractivity contribution is 7.99. The SMILES string of the molecule is CCNc1nc(SCC)nc(N[C@@H]2CC2c2ccc(F)c(F)c2)c1C=N. The van der Waals surface area contributed by atoms with Gasteiger partial charge in [0.05, 0.1) is 5.56 Å². The summed E-state index contributed by atoms with van der Waals surface area (Å²) in [7, 11) is 0. The maximum absolute atomic E-state index is 13.5. The van der Waals surface area contributed by atoms with Crippen molar-refractivity contribution in [2.45, 2.75) is 37.4 Å². The van der Waals surface area contributed by atoms with E-state index in [1.54, 1.807) is 6.07 Å². The van der Waals surface area contributed by atoms with Gasteiger partial charge < -0.3 is 16.0 Å². The third kappa shape index (κ3) is 3.95. The van der Waals surface area contributed by atoms with E-state index < -0.39 is 11.6 Å². The average molecular weight is 377 g/mol. The molecule has 2 atom stereocenters. The van der Waals surface area contributed by atoms with Gasteiger partial charge in [0.1, 0.15) is 11.6 Å². The van der Waals surface area contributed by atoms with E-state index in [0.29, 0.717) is 28.9 Å². The van der Waals surface area contributed by atoms with Gasteiger partial charge in [0.25, 0.3) is 0 Å². The van der Waals surface area contributed by atoms with Crippen molar-refractivity contribution in [3.8, 4) is 0 Å². The number of thioether (sulfide) groups is 1. The first-order valence-electron chi connectivity index (χ1n) is 8.58. The molecule has 0 spiro atoms. The predicted molar refractivity (Wildman–Crippen MR) is 102 cm³/mol. The Bertz CT molecular complexity index is 814. The smallest absolute Gasteiger partial charge is 0.191 e. The van der Waals surface area contributed by atoms with Crippen LogP contribution in [0.3, 0.4) is 0 Å². The van der Waals surface area contributed by atoms with Gasteiger partial charge in [-0.15, -0.1) is 0 Å². The number of hydrogen-bond donors (Lipinski definition) is 3. The minimum atomic E-state index is -0.836. The van der Waals surface area contributed by atoms with Crippen molar-refractivity contribution in [2.24, 2.45) is 0 Å². The molecule has 0 bridgehead atoms. The third-order valence-electron chi connectivity index (χ3n) is 4.17. The number of nitrogens with one attached hydrogen (secondary N) is 3. The summed E-state index contributed by atoms with van der Waals surface area (Å²) in [6, 6.07) is 4.10. The van der Waals surface area contributed by atoms with Crippen molar-refractivity contribution in [2.75, 3.05) is 22.9 Å². The molecule has 1 aliphatic carbocycles. The Kier molecular flexibility index (Phi) is 5.70. The van der Waals surface area contributed by atoms with E-state index in [2.05, 4.69) is 20.6 Å². The zero-order chi connectivity index (χ0) is 18.7. The van der Waals surface area contributed by atoms with E-state index in [9.17, 15) is 8.78 Å². The summed E-state index contributed by atoms with van der Waals surface area (Å²) in [5.41, 5.74) is 1.37. The summed E-state index contributed by atoms with van der Waals surface area (Å²) in [5.74, 6) is 0.501. The maximum Gasteiger partial charge on any atom is 0.191 e. The fourth-order valence-corrected chi connectivity index (χ4v) is 3.40. The monoisotopic (exact) mass is 377 g/mol. The number of nitrogens with zero attached hydrogens (tertiary/aromatic N) is 2. The normalized spacial score (nSPS) is 18.5. The molecule has 2 aromatic rings. The van der Waals surface area contributed by atoms with Crippen molar-refractivity contribution in [1.82, 2.24) is 9.97 Å². The lowest BCUT2D eigenvalue weighted by molar-refractivity contribution is 0.507. The predicted octanol–water partition coefficient (Wildman–Crippen LogP) is 4.26. The van der Waals surface area contributed by atoms with Crippen LogP contribution in [-0.2, 0) is 0 Å². The van der Waals surface area contributed by atoms with Crippen LogP contribution >= 0.6 is 11.8 Å². The van der Waals surface area contributed by atoms with E-state index in [0.717, 1.165) is 23.8 Å². The standard InChI is InChI=1S/C18H21F2N5S/c1-3-22-16-12(9-21)17(25-18(24-16)26-4-2)23-15-8-11(15)10-5-6-13(19)14(20)7-10/h5-7,9,11,15,21H,3-4,8H2,1-2H3,(H2,22,23,24,25)/t11?,15-/m1/s1. The molecule has 0 saturated heterocycles. The number of rotatable bonds is 8. The molecule has 1 aromatic carbocycles. The fourth-order valence-electron chi connectivity index (χ4n) is 2.83. The molecule has 138 valence electrons. The molecular formula is C18H21F2N5S. The Balaban J connectivity index is 1.82. The van der Waals surface area contributed by atoms with Crippen molar-refractivity contribution in [3.05, 3.63) is 41.0 Å². The van der Waals surface area contributed by atoms with Gasteiger partial charge in [-0.1, -0.05) is 24.8 Å². The van der Waals surface area contributed by atoms with Gasteiger partial charge in [0.15, 0.2) is 16.8 Å². The van der Waals surface area contributed by atoms with Gasteiger partial charge in [-0.25, -0.2) is 18.7 Å². The summed E-state index contributed by atoms with van der Waals surface area (Å²) in [5, 5.41) is 14.9. The van der Waals surface area contributed by atoms with Gasteiger partial charge in [-0.3, -0.25) is 0 Å². The lowest BCUT2D eigenvalue weighted by atomic mass is 10.1. The molecule has 1 heterocycles. The molecule has 1 aromatic heterocycles. The van der Waals surface area contributed by atoms with Crippen molar-refractivity contribution in [3.63, 3.8) is 0 Å². The van der Waals surface area contributed by atoms with E-state index in [1.165, 1.54) is 24.0 Å². The molecule has 26 heavy (non-hydrogen) atoms. The van der Waals surface area contributed by atoms with E-state index in [-0.39, 0.29) is 12.0 Å². The first-order valence-corrected chi connectivity index (χ1v) is 9.56. The largest absolute Gasteiger partial charge is 0.370 e. The van der Waals surface area contributed by atoms with Gasteiger partial charge in [0.2, 0.25) is 0 Å². The highest BCUT2D eigenvalue weighted by atomic mass is 32.2. The van der Waals surface area contributed by atoms with Crippen LogP contribution in [0.1, 0.15) is 37.3 Å². The summed E-state index contributed by atoms with van der Waals surface area (Å²) in [4.78, 5) is 9.00. The Hall–Kier alpha value is -2.22. The first-order chi connectivity index (χ1) is 12.6. The molecule has 0 amide bonds. The number of aromatic nitrogens is 2. The molecule has 1 fully saturated rings. The first kappa shape index (κ1) is 18.6. The lowest BCUT2D eigenvalue weighted by Crippen LogP contribution is -2.13. The van der Waals surface area contributed by atoms with E-state index >= 15 is 0 Å². The van der Waals surface area contributed by atoms with Crippen LogP contribution in [0.4, 0.5) is 20.4 Å². The van der Waals surface area contributed by atoms with Gasteiger partial charge in [-0.2, -0.15) is 0 Å². The van der Waals surface area contributed by atoms with Crippen molar-refractivity contribution >= 4 is 29.6 Å². The zero-order valence-corrected chi connectivity index (χ0v) is 15.5. The minimum absolute atomic E-state index is 0.0717. The zero-order valence-electron chi connectivity index (χ0n) is 14.6. The number of hydrogen-bond acceptors (Lipinski definition) is 6. The molecule has 1 saturated carbocycles. The number of halogens is 2. The van der Waals surface area contributed by atoms with Crippen LogP contribution in [0.25, 0.3) is 0 Å². The topological polar surface area (TPSA) is 73.7 Å². The second kappa shape index (κ2) is 7.99. The highest BCUT2D eigenvalue weighted by Crippen LogP contribution is 2.43. The molecule has 8 heteroatoms. The second-order valence-electron chi connectivity index (χ2n) is 5.99. The molecule has 5 nitrogen and oxygen atoms in total. The van der Waals surface area contributed by atoms with Gasteiger partial charge in [-0.05, 0) is 36.8 Å². The molecule has 1 unspecified atom stereocenters. The van der Waals surface area contributed by atoms with Crippen LogP contribution in [0.2, 0.25) is 0 Å². The molecule has 1 aliphatic rings. The van der Waals surface area contributed by atoms with Crippen molar-refractivity contribution in [1.29, 1.82) is 5.41 Å². The van der Waals surface area contributed by atoms with Crippen LogP contribution in [0.15, 0.2) is 23.4 Å². The average Bonchev–Trinajstić information content (AvgIpc) is 3.37. The van der Waals surface area contributed by atoms with Crippen molar-refractivity contribution < 1.29 is 8.78 Å². The fraction of sp³-hybridized carbons (Fsp3) is 0.389. The molecule has 3 N–H and O–H groups in total. The Morgan fingerprint density at radius 3 is 2.65 bits per heavy atom. The Labute approximate surface area is 155 Å². The number of anilines is 2. The van der Waals surface area contributed by atoms with Gasteiger partial charge >= 0.3 is 0 Å². The minimum Gasteiger partial charge on any atom is -0.370 e. The van der Waals surface area contributed by atoms with E-state index in [4.69, 9.17) is 5.41 Å². The Morgan fingerprint density at radius 1 is 1.23 bits per heavy atom. The summed E-state index contributed by atoms with van der Waals surface area (Å²) in [6.45, 7) is 4.68. The van der Waals surface area contributed by atoms with Crippen LogP contribution in [0.5, 0.6) is 0 Å². The van der Waals surface area contributed by atoms with Crippen LogP contribution in [-0.4, -0.2) is 34.5 Å². The maximum atomic E-state index is 13.5. The molecule has 3 rings (SSSR count). The number of benzene rings is 1. The summed E-state index contributed by atoms with van der Waals surface area (Å²) in [6.07, 6.45) is 2.04. The molecular weight excluding hydrogens is 356 g/mol. The second-order valence-corrected chi connectivity index (χ2v) is 7.22. The van der Waals surface area contributed by atoms with Gasteiger partial charge in [0, 0.05) is 24.7 Å². The van der Waals surface area contributed by atoms with E-state index in [1.807, 2.05) is 13.8 Å². The van der Waals surface area contributed by atoms with Crippen LogP contribution < -0.4 is 10.6 Å². The lowest BCUT2D eigenvalue weighted by Gasteiger charge is -2.14. The third-order valence-corrected chi connectivity index (χ3v) is 4.90. The Morgan fingerprint density at radius 2 is 2.00 bits per heavy atom.